The average Bonchev–Trinajstić information content (AvgIpc) is 2.92. The molecule has 0 saturated heterocycles. The number of ketones is 2. The van der Waals surface area contributed by atoms with Crippen LogP contribution in [0.1, 0.15) is 102 Å². The van der Waals surface area contributed by atoms with Crippen LogP contribution in [-0.2, 0) is 24.0 Å². The van der Waals surface area contributed by atoms with E-state index in [-0.39, 0.29) is 37.1 Å². The molecule has 0 aliphatic rings. The summed E-state index contributed by atoms with van der Waals surface area (Å²) in [5, 5.41) is 10.7. The standard InChI is InChI=1S/C33H59N5O6/c1-13-16-24(27(40)30(42)34-18-14-2)35-29(41)23(9)38(19-15-17-20(3)4)31(43)28(33(10,11)12)37-32(44)36-25(21(5)6)26(39)22(7)8/h14,20-25,28H,2,13,15-19H2,1,3-12H3,(H,34,42)(H,35,41)(H2,36,37,44)/t23-,24?,25-,28+/m0/s1. The predicted octanol–water partition coefficient (Wildman–Crippen LogP) is 3.76. The van der Waals surface area contributed by atoms with Crippen LogP contribution < -0.4 is 21.3 Å². The summed E-state index contributed by atoms with van der Waals surface area (Å²) in [6.45, 7) is 24.1. The van der Waals surface area contributed by atoms with Crippen LogP contribution in [0.4, 0.5) is 4.79 Å². The van der Waals surface area contributed by atoms with E-state index in [2.05, 4.69) is 41.7 Å². The van der Waals surface area contributed by atoms with Gasteiger partial charge in [0.15, 0.2) is 5.78 Å². The van der Waals surface area contributed by atoms with Crippen molar-refractivity contribution >= 4 is 35.3 Å². The molecule has 0 bridgehead atoms. The molecule has 11 heteroatoms. The van der Waals surface area contributed by atoms with Crippen LogP contribution in [0.15, 0.2) is 12.7 Å². The number of nitrogens with one attached hydrogen (secondary N) is 4. The van der Waals surface area contributed by atoms with Crippen LogP contribution >= 0.6 is 0 Å². The van der Waals surface area contributed by atoms with Crippen LogP contribution in [-0.4, -0.2) is 77.5 Å². The molecule has 0 aliphatic carbocycles. The highest BCUT2D eigenvalue weighted by atomic mass is 16.2. The molecule has 0 aromatic carbocycles. The number of nitrogens with zero attached hydrogens (tertiary/aromatic N) is 1. The largest absolute Gasteiger partial charge is 0.346 e. The molecule has 0 fully saturated rings. The van der Waals surface area contributed by atoms with Crippen molar-refractivity contribution in [2.45, 2.75) is 126 Å². The van der Waals surface area contributed by atoms with E-state index < -0.39 is 59.1 Å². The summed E-state index contributed by atoms with van der Waals surface area (Å²) in [6, 6.07) is -4.46. The van der Waals surface area contributed by atoms with Crippen molar-refractivity contribution in [1.82, 2.24) is 26.2 Å². The number of rotatable bonds is 19. The molecular formula is C33H59N5O6. The summed E-state index contributed by atoms with van der Waals surface area (Å²) in [7, 11) is 0. The van der Waals surface area contributed by atoms with E-state index >= 15 is 0 Å². The Balaban J connectivity index is 6.23. The van der Waals surface area contributed by atoms with E-state index in [1.165, 1.54) is 11.0 Å². The zero-order chi connectivity index (χ0) is 34.4. The highest BCUT2D eigenvalue weighted by Gasteiger charge is 2.40. The second-order valence-electron chi connectivity index (χ2n) is 13.7. The molecule has 0 radical (unpaired) electrons. The van der Waals surface area contributed by atoms with Crippen molar-refractivity contribution in [1.29, 1.82) is 0 Å². The highest BCUT2D eigenvalue weighted by Crippen LogP contribution is 2.23. The van der Waals surface area contributed by atoms with Gasteiger partial charge in [-0.2, -0.15) is 0 Å². The zero-order valence-electron chi connectivity index (χ0n) is 29.0. The molecule has 252 valence electrons. The van der Waals surface area contributed by atoms with Crippen molar-refractivity contribution in [3.8, 4) is 0 Å². The fourth-order valence-corrected chi connectivity index (χ4v) is 4.62. The Morgan fingerprint density at radius 1 is 0.864 bits per heavy atom. The third kappa shape index (κ3) is 13.6. The van der Waals surface area contributed by atoms with Crippen molar-refractivity contribution in [2.24, 2.45) is 23.2 Å². The van der Waals surface area contributed by atoms with Crippen molar-refractivity contribution < 1.29 is 28.8 Å². The summed E-state index contributed by atoms with van der Waals surface area (Å²) < 4.78 is 0. The molecule has 1 unspecified atom stereocenters. The van der Waals surface area contributed by atoms with Gasteiger partial charge in [-0.15, -0.1) is 6.58 Å². The molecule has 0 aromatic rings. The smallest absolute Gasteiger partial charge is 0.316 e. The van der Waals surface area contributed by atoms with Crippen molar-refractivity contribution in [3.63, 3.8) is 0 Å². The monoisotopic (exact) mass is 621 g/mol. The third-order valence-electron chi connectivity index (χ3n) is 7.37. The van der Waals surface area contributed by atoms with Crippen molar-refractivity contribution in [3.05, 3.63) is 12.7 Å². The minimum Gasteiger partial charge on any atom is -0.346 e. The Labute approximate surface area is 265 Å². The van der Waals surface area contributed by atoms with Gasteiger partial charge in [-0.05, 0) is 43.4 Å². The van der Waals surface area contributed by atoms with E-state index in [1.54, 1.807) is 20.8 Å². The molecule has 44 heavy (non-hydrogen) atoms. The quantitative estimate of drug-likeness (QED) is 0.127. The molecule has 4 N–H and O–H groups in total. The number of Topliss-reactive ketones (excluding diaryl/α,β-unsaturated/α-hetero) is 2. The van der Waals surface area contributed by atoms with Crippen LogP contribution in [0.25, 0.3) is 0 Å². The molecule has 0 rings (SSSR count). The Morgan fingerprint density at radius 3 is 1.91 bits per heavy atom. The average molecular weight is 622 g/mol. The predicted molar refractivity (Wildman–Crippen MR) is 174 cm³/mol. The summed E-state index contributed by atoms with van der Waals surface area (Å²) in [5.74, 6) is -2.81. The first-order chi connectivity index (χ1) is 20.3. The lowest BCUT2D eigenvalue weighted by atomic mass is 9.85. The number of carbonyl (C=O) groups is 6. The Morgan fingerprint density at radius 2 is 1.45 bits per heavy atom. The van der Waals surface area contributed by atoms with E-state index in [1.807, 2.05) is 41.5 Å². The zero-order valence-corrected chi connectivity index (χ0v) is 29.0. The SMILES string of the molecule is C=CCNC(=O)C(=O)C(CCC)NC(=O)[C@H](C)N(CCCC(C)C)C(=O)[C@@H](NC(=O)N[C@H](C(=O)C(C)C)C(C)C)C(C)(C)C. The number of carbonyl (C=O) groups excluding carboxylic acids is 6. The lowest BCUT2D eigenvalue weighted by Gasteiger charge is -2.38. The van der Waals surface area contributed by atoms with E-state index in [0.29, 0.717) is 18.8 Å². The second-order valence-corrected chi connectivity index (χ2v) is 13.7. The van der Waals surface area contributed by atoms with Gasteiger partial charge in [0.1, 0.15) is 12.1 Å². The Hall–Kier alpha value is -3.24. The van der Waals surface area contributed by atoms with Gasteiger partial charge in [0, 0.05) is 19.0 Å². The Kier molecular flexibility index (Phi) is 17.8. The number of hydrogen-bond donors (Lipinski definition) is 4. The first kappa shape index (κ1) is 40.8. The number of urea groups is 1. The fraction of sp³-hybridized carbons (Fsp3) is 0.758. The molecule has 0 heterocycles. The molecule has 0 aliphatic heterocycles. The van der Waals surface area contributed by atoms with Gasteiger partial charge in [-0.25, -0.2) is 4.79 Å². The van der Waals surface area contributed by atoms with Gasteiger partial charge in [-0.1, -0.05) is 81.7 Å². The maximum atomic E-state index is 14.2. The fourth-order valence-electron chi connectivity index (χ4n) is 4.62. The summed E-state index contributed by atoms with van der Waals surface area (Å²) >= 11 is 0. The molecule has 11 nitrogen and oxygen atoms in total. The molecular weight excluding hydrogens is 562 g/mol. The van der Waals surface area contributed by atoms with Crippen LogP contribution in [0.5, 0.6) is 0 Å². The van der Waals surface area contributed by atoms with Crippen LogP contribution in [0, 0.1) is 23.2 Å². The van der Waals surface area contributed by atoms with Crippen LogP contribution in [0.3, 0.4) is 0 Å². The van der Waals surface area contributed by atoms with Crippen molar-refractivity contribution in [2.75, 3.05) is 13.1 Å². The van der Waals surface area contributed by atoms with E-state index in [9.17, 15) is 28.8 Å². The van der Waals surface area contributed by atoms with E-state index in [0.717, 1.165) is 6.42 Å². The van der Waals surface area contributed by atoms with Gasteiger partial charge in [0.25, 0.3) is 5.91 Å². The second kappa shape index (κ2) is 19.2. The molecule has 0 saturated carbocycles. The third-order valence-corrected chi connectivity index (χ3v) is 7.37. The molecule has 5 amide bonds. The molecule has 0 spiro atoms. The minimum absolute atomic E-state index is 0.108. The van der Waals surface area contributed by atoms with Gasteiger partial charge in [0.2, 0.25) is 17.6 Å². The maximum Gasteiger partial charge on any atom is 0.316 e. The Bertz CT molecular complexity index is 1000. The lowest BCUT2D eigenvalue weighted by Crippen LogP contribution is -2.62. The normalized spacial score (nSPS) is 14.3. The van der Waals surface area contributed by atoms with Gasteiger partial charge < -0.3 is 26.2 Å². The summed E-state index contributed by atoms with van der Waals surface area (Å²) in [4.78, 5) is 80.2. The molecule has 4 atom stereocenters. The van der Waals surface area contributed by atoms with Crippen LogP contribution in [0.2, 0.25) is 0 Å². The maximum absolute atomic E-state index is 14.2. The molecule has 0 aromatic heterocycles. The number of hydrogen-bond acceptors (Lipinski definition) is 6. The van der Waals surface area contributed by atoms with Gasteiger partial charge in [0.05, 0.1) is 12.1 Å². The van der Waals surface area contributed by atoms with Gasteiger partial charge >= 0.3 is 6.03 Å². The first-order valence-corrected chi connectivity index (χ1v) is 15.9. The minimum atomic E-state index is -1.05. The highest BCUT2D eigenvalue weighted by molar-refractivity contribution is 6.38. The topological polar surface area (TPSA) is 154 Å². The van der Waals surface area contributed by atoms with Gasteiger partial charge in [-0.3, -0.25) is 24.0 Å². The van der Waals surface area contributed by atoms with E-state index in [4.69, 9.17) is 0 Å². The first-order valence-electron chi connectivity index (χ1n) is 15.9. The lowest BCUT2D eigenvalue weighted by molar-refractivity contribution is -0.145. The summed E-state index contributed by atoms with van der Waals surface area (Å²) in [5.41, 5.74) is -0.750. The number of amides is 5. The summed E-state index contributed by atoms with van der Waals surface area (Å²) in [6.07, 6.45) is 3.66.